The van der Waals surface area contributed by atoms with Crippen LogP contribution >= 0.6 is 0 Å². The van der Waals surface area contributed by atoms with Crippen molar-refractivity contribution in [3.05, 3.63) is 35.9 Å². The molecule has 1 atom stereocenters. The third-order valence-electron chi connectivity index (χ3n) is 3.64. The molecule has 0 aliphatic carbocycles. The summed E-state index contributed by atoms with van der Waals surface area (Å²) in [5, 5.41) is 2.91. The van der Waals surface area contributed by atoms with E-state index < -0.39 is 6.04 Å². The van der Waals surface area contributed by atoms with Crippen molar-refractivity contribution in [3.8, 4) is 0 Å². The van der Waals surface area contributed by atoms with Gasteiger partial charge in [-0.05, 0) is 24.8 Å². The largest absolute Gasteiger partial charge is 0.354 e. The summed E-state index contributed by atoms with van der Waals surface area (Å²) in [6.45, 7) is 8.93. The fourth-order valence-electron chi connectivity index (χ4n) is 2.23. The van der Waals surface area contributed by atoms with Gasteiger partial charge < -0.3 is 10.2 Å². The Labute approximate surface area is 133 Å². The van der Waals surface area contributed by atoms with Gasteiger partial charge in [0.15, 0.2) is 0 Å². The van der Waals surface area contributed by atoms with E-state index in [9.17, 15) is 9.59 Å². The van der Waals surface area contributed by atoms with Crippen molar-refractivity contribution in [2.45, 2.75) is 46.6 Å². The highest BCUT2D eigenvalue weighted by molar-refractivity contribution is 5.87. The first-order valence-corrected chi connectivity index (χ1v) is 8.06. The second-order valence-electron chi connectivity index (χ2n) is 5.99. The highest BCUT2D eigenvalue weighted by atomic mass is 16.2. The number of nitrogens with one attached hydrogen (secondary N) is 1. The Bertz CT molecular complexity index is 471. The van der Waals surface area contributed by atoms with Crippen molar-refractivity contribution in [1.82, 2.24) is 10.2 Å². The summed E-state index contributed by atoms with van der Waals surface area (Å²) in [6, 6.07) is 9.59. The average molecular weight is 304 g/mol. The summed E-state index contributed by atoms with van der Waals surface area (Å²) in [5.41, 5.74) is 1.17. The second kappa shape index (κ2) is 9.23. The van der Waals surface area contributed by atoms with Gasteiger partial charge in [-0.25, -0.2) is 0 Å². The van der Waals surface area contributed by atoms with Gasteiger partial charge in [0.2, 0.25) is 11.8 Å². The maximum Gasteiger partial charge on any atom is 0.242 e. The fourth-order valence-corrected chi connectivity index (χ4v) is 2.23. The lowest BCUT2D eigenvalue weighted by atomic mass is 10.1. The van der Waals surface area contributed by atoms with Crippen molar-refractivity contribution < 1.29 is 9.59 Å². The van der Waals surface area contributed by atoms with E-state index in [0.29, 0.717) is 25.4 Å². The predicted octanol–water partition coefficient (Wildman–Crippen LogP) is 2.63. The Morgan fingerprint density at radius 2 is 1.77 bits per heavy atom. The molecule has 0 aromatic heterocycles. The van der Waals surface area contributed by atoms with E-state index in [0.717, 1.165) is 6.42 Å². The molecule has 0 spiro atoms. The normalized spacial score (nSPS) is 12.0. The van der Waals surface area contributed by atoms with Gasteiger partial charge in [0.1, 0.15) is 6.04 Å². The van der Waals surface area contributed by atoms with Crippen LogP contribution < -0.4 is 5.32 Å². The zero-order valence-electron chi connectivity index (χ0n) is 14.1. The first kappa shape index (κ1) is 18.2. The third-order valence-corrected chi connectivity index (χ3v) is 3.64. The molecule has 0 bridgehead atoms. The molecule has 22 heavy (non-hydrogen) atoms. The minimum Gasteiger partial charge on any atom is -0.354 e. The molecular formula is C18H28N2O2. The number of rotatable bonds is 8. The number of carbonyl (C=O) groups is 2. The molecule has 2 amide bonds. The minimum atomic E-state index is -0.435. The number of nitrogens with zero attached hydrogens (tertiary/aromatic N) is 1. The van der Waals surface area contributed by atoms with Crippen molar-refractivity contribution in [3.63, 3.8) is 0 Å². The summed E-state index contributed by atoms with van der Waals surface area (Å²) in [4.78, 5) is 26.1. The number of carbonyl (C=O) groups excluding carboxylic acids is 2. The molecule has 1 aromatic carbocycles. The van der Waals surface area contributed by atoms with Crippen LogP contribution in [0, 0.1) is 5.92 Å². The molecule has 1 rings (SSSR count). The molecule has 0 aliphatic rings. The molecule has 4 nitrogen and oxygen atoms in total. The highest BCUT2D eigenvalue weighted by Crippen LogP contribution is 2.07. The number of hydrogen-bond acceptors (Lipinski definition) is 2. The van der Waals surface area contributed by atoms with Crippen LogP contribution in [0.2, 0.25) is 0 Å². The van der Waals surface area contributed by atoms with Crippen LogP contribution in [0.4, 0.5) is 0 Å². The lowest BCUT2D eigenvalue weighted by Gasteiger charge is -2.28. The second-order valence-corrected chi connectivity index (χ2v) is 5.99. The Morgan fingerprint density at radius 1 is 1.14 bits per heavy atom. The Balaban J connectivity index is 2.66. The Morgan fingerprint density at radius 3 is 2.32 bits per heavy atom. The minimum absolute atomic E-state index is 0.0168. The van der Waals surface area contributed by atoms with Crippen LogP contribution in [0.15, 0.2) is 30.3 Å². The number of benzene rings is 1. The maximum atomic E-state index is 12.2. The smallest absolute Gasteiger partial charge is 0.242 e. The SMILES string of the molecule is CCC(=O)N(CCc1ccccc1)[C@@H](C)C(=O)NCC(C)C. The van der Waals surface area contributed by atoms with E-state index >= 15 is 0 Å². The topological polar surface area (TPSA) is 49.4 Å². The summed E-state index contributed by atoms with van der Waals surface area (Å²) in [5.74, 6) is 0.336. The summed E-state index contributed by atoms with van der Waals surface area (Å²) >= 11 is 0. The summed E-state index contributed by atoms with van der Waals surface area (Å²) in [6.07, 6.45) is 1.17. The quantitative estimate of drug-likeness (QED) is 0.802. The lowest BCUT2D eigenvalue weighted by Crippen LogP contribution is -2.49. The van der Waals surface area contributed by atoms with Crippen LogP contribution in [0.25, 0.3) is 0 Å². The van der Waals surface area contributed by atoms with E-state index in [1.165, 1.54) is 5.56 Å². The van der Waals surface area contributed by atoms with Crippen molar-refractivity contribution in [1.29, 1.82) is 0 Å². The van der Waals surface area contributed by atoms with Crippen LogP contribution in [-0.4, -0.2) is 35.8 Å². The Hall–Kier alpha value is -1.84. The van der Waals surface area contributed by atoms with Gasteiger partial charge in [-0.2, -0.15) is 0 Å². The molecule has 0 heterocycles. The van der Waals surface area contributed by atoms with Crippen LogP contribution in [-0.2, 0) is 16.0 Å². The van der Waals surface area contributed by atoms with Crippen LogP contribution in [0.1, 0.15) is 39.7 Å². The van der Waals surface area contributed by atoms with Gasteiger partial charge in [-0.3, -0.25) is 9.59 Å². The van der Waals surface area contributed by atoms with Gasteiger partial charge in [0.25, 0.3) is 0 Å². The Kier molecular flexibility index (Phi) is 7.64. The fraction of sp³-hybridized carbons (Fsp3) is 0.556. The van der Waals surface area contributed by atoms with E-state index in [4.69, 9.17) is 0 Å². The first-order chi connectivity index (χ1) is 10.5. The number of hydrogen-bond donors (Lipinski definition) is 1. The van der Waals surface area contributed by atoms with Gasteiger partial charge in [0.05, 0.1) is 0 Å². The van der Waals surface area contributed by atoms with E-state index in [-0.39, 0.29) is 11.8 Å². The van der Waals surface area contributed by atoms with Crippen molar-refractivity contribution in [2.75, 3.05) is 13.1 Å². The van der Waals surface area contributed by atoms with E-state index in [2.05, 4.69) is 19.2 Å². The van der Waals surface area contributed by atoms with E-state index in [1.54, 1.807) is 11.8 Å². The van der Waals surface area contributed by atoms with Crippen LogP contribution in [0.5, 0.6) is 0 Å². The maximum absolute atomic E-state index is 12.2. The van der Waals surface area contributed by atoms with Gasteiger partial charge in [0, 0.05) is 19.5 Å². The number of amides is 2. The molecule has 1 aromatic rings. The molecule has 0 fully saturated rings. The lowest BCUT2D eigenvalue weighted by molar-refractivity contribution is -0.139. The first-order valence-electron chi connectivity index (χ1n) is 8.06. The zero-order chi connectivity index (χ0) is 16.5. The van der Waals surface area contributed by atoms with Crippen molar-refractivity contribution >= 4 is 11.8 Å². The van der Waals surface area contributed by atoms with E-state index in [1.807, 2.05) is 37.3 Å². The molecule has 4 heteroatoms. The summed E-state index contributed by atoms with van der Waals surface area (Å²) < 4.78 is 0. The van der Waals surface area contributed by atoms with Gasteiger partial charge in [-0.15, -0.1) is 0 Å². The van der Waals surface area contributed by atoms with Crippen molar-refractivity contribution in [2.24, 2.45) is 5.92 Å². The van der Waals surface area contributed by atoms with Gasteiger partial charge >= 0.3 is 0 Å². The van der Waals surface area contributed by atoms with Gasteiger partial charge in [-0.1, -0.05) is 51.1 Å². The molecule has 0 unspecified atom stereocenters. The molecule has 122 valence electrons. The third kappa shape index (κ3) is 5.88. The molecule has 0 radical (unpaired) electrons. The predicted molar refractivity (Wildman–Crippen MR) is 89.5 cm³/mol. The molecule has 0 saturated heterocycles. The molecular weight excluding hydrogens is 276 g/mol. The monoisotopic (exact) mass is 304 g/mol. The molecule has 0 aliphatic heterocycles. The standard InChI is InChI=1S/C18H28N2O2/c1-5-17(21)20(12-11-16-9-7-6-8-10-16)15(4)18(22)19-13-14(2)3/h6-10,14-15H,5,11-13H2,1-4H3,(H,19,22)/t15-/m0/s1. The molecule has 0 saturated carbocycles. The highest BCUT2D eigenvalue weighted by Gasteiger charge is 2.24. The van der Waals surface area contributed by atoms with Crippen LogP contribution in [0.3, 0.4) is 0 Å². The average Bonchev–Trinajstić information content (AvgIpc) is 2.53. The summed E-state index contributed by atoms with van der Waals surface area (Å²) in [7, 11) is 0. The zero-order valence-corrected chi connectivity index (χ0v) is 14.1. The molecule has 1 N–H and O–H groups in total.